The summed E-state index contributed by atoms with van der Waals surface area (Å²) >= 11 is 5.16. The highest BCUT2D eigenvalue weighted by atomic mass is 79.9. The molecule has 0 saturated carbocycles. The molecule has 0 radical (unpaired) electrons. The first-order valence-corrected chi connectivity index (χ1v) is 8.71. The predicted molar refractivity (Wildman–Crippen MR) is 91.7 cm³/mol. The van der Waals surface area contributed by atoms with Gasteiger partial charge >= 0.3 is 0 Å². The third kappa shape index (κ3) is 4.80. The SMILES string of the molecule is CCCNC(C)c1ccc(Br)cc1Sc1nccc(C)n1. The monoisotopic (exact) mass is 365 g/mol. The van der Waals surface area contributed by atoms with Crippen molar-refractivity contribution in [2.45, 2.75) is 43.3 Å². The lowest BCUT2D eigenvalue weighted by atomic mass is 10.1. The lowest BCUT2D eigenvalue weighted by Crippen LogP contribution is -2.19. The molecule has 2 aromatic rings. The summed E-state index contributed by atoms with van der Waals surface area (Å²) < 4.78 is 1.07. The van der Waals surface area contributed by atoms with Crippen LogP contribution in [0.4, 0.5) is 0 Å². The molecule has 0 bridgehead atoms. The van der Waals surface area contributed by atoms with E-state index in [-0.39, 0.29) is 0 Å². The Hall–Kier alpha value is -0.910. The quantitative estimate of drug-likeness (QED) is 0.748. The van der Waals surface area contributed by atoms with Crippen molar-refractivity contribution in [1.82, 2.24) is 15.3 Å². The molecule has 1 heterocycles. The molecule has 0 aliphatic rings. The average molecular weight is 366 g/mol. The number of aromatic nitrogens is 2. The van der Waals surface area contributed by atoms with Crippen LogP contribution >= 0.6 is 27.7 Å². The summed E-state index contributed by atoms with van der Waals surface area (Å²) in [7, 11) is 0. The number of benzene rings is 1. The molecule has 2 rings (SSSR count). The highest BCUT2D eigenvalue weighted by Gasteiger charge is 2.13. The summed E-state index contributed by atoms with van der Waals surface area (Å²) in [4.78, 5) is 10.0. The summed E-state index contributed by atoms with van der Waals surface area (Å²) in [5, 5.41) is 4.33. The summed E-state index contributed by atoms with van der Waals surface area (Å²) in [6.45, 7) is 7.37. The van der Waals surface area contributed by atoms with Crippen molar-refractivity contribution in [1.29, 1.82) is 0 Å². The van der Waals surface area contributed by atoms with Gasteiger partial charge in [0.15, 0.2) is 5.16 Å². The molecule has 112 valence electrons. The lowest BCUT2D eigenvalue weighted by molar-refractivity contribution is 0.563. The standard InChI is InChI=1S/C16H20BrN3S/c1-4-8-18-12(3)14-6-5-13(17)10-15(14)21-16-19-9-7-11(2)20-16/h5-7,9-10,12,18H,4,8H2,1-3H3. The maximum absolute atomic E-state index is 4.48. The van der Waals surface area contributed by atoms with Gasteiger partial charge in [-0.15, -0.1) is 0 Å². The normalized spacial score (nSPS) is 12.4. The van der Waals surface area contributed by atoms with E-state index in [2.05, 4.69) is 63.3 Å². The van der Waals surface area contributed by atoms with E-state index >= 15 is 0 Å². The molecule has 21 heavy (non-hydrogen) atoms. The van der Waals surface area contributed by atoms with Crippen molar-refractivity contribution < 1.29 is 0 Å². The number of hydrogen-bond donors (Lipinski definition) is 1. The van der Waals surface area contributed by atoms with Gasteiger partial charge in [-0.3, -0.25) is 0 Å². The Morgan fingerprint density at radius 3 is 2.86 bits per heavy atom. The van der Waals surface area contributed by atoms with Crippen molar-refractivity contribution in [3.63, 3.8) is 0 Å². The Bertz CT molecular complexity index is 604. The van der Waals surface area contributed by atoms with Gasteiger partial charge in [0.05, 0.1) is 0 Å². The molecule has 1 unspecified atom stereocenters. The van der Waals surface area contributed by atoms with Crippen LogP contribution in [0.15, 0.2) is 45.0 Å². The molecule has 1 aromatic carbocycles. The number of nitrogens with one attached hydrogen (secondary N) is 1. The van der Waals surface area contributed by atoms with Crippen molar-refractivity contribution in [2.75, 3.05) is 6.54 Å². The fourth-order valence-electron chi connectivity index (χ4n) is 2.00. The Morgan fingerprint density at radius 2 is 2.14 bits per heavy atom. The third-order valence-electron chi connectivity index (χ3n) is 3.12. The van der Waals surface area contributed by atoms with Crippen LogP contribution in [0.3, 0.4) is 0 Å². The van der Waals surface area contributed by atoms with Gasteiger partial charge < -0.3 is 5.32 Å². The number of halogens is 1. The minimum atomic E-state index is 0.311. The van der Waals surface area contributed by atoms with E-state index < -0.39 is 0 Å². The molecule has 1 aromatic heterocycles. The zero-order valence-electron chi connectivity index (χ0n) is 12.6. The van der Waals surface area contributed by atoms with Crippen LogP contribution in [0, 0.1) is 6.92 Å². The predicted octanol–water partition coefficient (Wildman–Crippen LogP) is 4.76. The maximum atomic E-state index is 4.48. The molecule has 0 amide bonds. The summed E-state index contributed by atoms with van der Waals surface area (Å²) in [6, 6.07) is 8.61. The van der Waals surface area contributed by atoms with Crippen LogP contribution in [0.2, 0.25) is 0 Å². The maximum Gasteiger partial charge on any atom is 0.192 e. The first-order valence-electron chi connectivity index (χ1n) is 7.10. The molecular formula is C16H20BrN3S. The largest absolute Gasteiger partial charge is 0.310 e. The molecule has 3 nitrogen and oxygen atoms in total. The third-order valence-corrected chi connectivity index (χ3v) is 4.56. The molecule has 5 heteroatoms. The van der Waals surface area contributed by atoms with E-state index in [0.717, 1.165) is 28.3 Å². The molecule has 0 aliphatic carbocycles. The molecule has 0 spiro atoms. The highest BCUT2D eigenvalue weighted by Crippen LogP contribution is 2.33. The summed E-state index contributed by atoms with van der Waals surface area (Å²) in [5.74, 6) is 0. The van der Waals surface area contributed by atoms with Crippen LogP contribution in [-0.2, 0) is 0 Å². The Morgan fingerprint density at radius 1 is 1.33 bits per heavy atom. The van der Waals surface area contributed by atoms with E-state index in [4.69, 9.17) is 0 Å². The number of aryl methyl sites for hydroxylation is 1. The molecule has 1 N–H and O–H groups in total. The lowest BCUT2D eigenvalue weighted by Gasteiger charge is -2.17. The zero-order valence-corrected chi connectivity index (χ0v) is 15.0. The van der Waals surface area contributed by atoms with Crippen LogP contribution in [0.25, 0.3) is 0 Å². The van der Waals surface area contributed by atoms with Gasteiger partial charge in [0.1, 0.15) is 0 Å². The first kappa shape index (κ1) is 16.5. The molecule has 1 atom stereocenters. The number of hydrogen-bond acceptors (Lipinski definition) is 4. The van der Waals surface area contributed by atoms with Crippen LogP contribution in [0.5, 0.6) is 0 Å². The second-order valence-corrected chi connectivity index (χ2v) is 6.87. The van der Waals surface area contributed by atoms with Gasteiger partial charge in [-0.05, 0) is 62.3 Å². The van der Waals surface area contributed by atoms with E-state index in [1.165, 1.54) is 10.5 Å². The van der Waals surface area contributed by atoms with Gasteiger partial charge in [0.25, 0.3) is 0 Å². The Balaban J connectivity index is 2.26. The summed E-state index contributed by atoms with van der Waals surface area (Å²) in [6.07, 6.45) is 2.94. The van der Waals surface area contributed by atoms with Crippen molar-refractivity contribution in [2.24, 2.45) is 0 Å². The van der Waals surface area contributed by atoms with E-state index in [1.807, 2.05) is 13.0 Å². The molecule has 0 saturated heterocycles. The van der Waals surface area contributed by atoms with Crippen LogP contribution in [-0.4, -0.2) is 16.5 Å². The van der Waals surface area contributed by atoms with Crippen LogP contribution < -0.4 is 5.32 Å². The number of nitrogens with zero attached hydrogens (tertiary/aromatic N) is 2. The van der Waals surface area contributed by atoms with Crippen LogP contribution in [0.1, 0.15) is 37.6 Å². The molecule has 0 aliphatic heterocycles. The van der Waals surface area contributed by atoms with Gasteiger partial charge in [0, 0.05) is 27.3 Å². The van der Waals surface area contributed by atoms with Gasteiger partial charge in [-0.1, -0.05) is 28.9 Å². The van der Waals surface area contributed by atoms with Crippen molar-refractivity contribution in [3.8, 4) is 0 Å². The van der Waals surface area contributed by atoms with Gasteiger partial charge in [-0.25, -0.2) is 9.97 Å². The summed E-state index contributed by atoms with van der Waals surface area (Å²) in [5.41, 5.74) is 2.27. The average Bonchev–Trinajstić information content (AvgIpc) is 2.45. The zero-order chi connectivity index (χ0) is 15.2. The minimum absolute atomic E-state index is 0.311. The molecular weight excluding hydrogens is 346 g/mol. The Kier molecular flexibility index (Phi) is 6.21. The second kappa shape index (κ2) is 7.92. The number of rotatable bonds is 6. The fourth-order valence-corrected chi connectivity index (χ4v) is 3.56. The van der Waals surface area contributed by atoms with E-state index in [1.54, 1.807) is 18.0 Å². The highest BCUT2D eigenvalue weighted by molar-refractivity contribution is 9.10. The smallest absolute Gasteiger partial charge is 0.192 e. The van der Waals surface area contributed by atoms with Gasteiger partial charge in [-0.2, -0.15) is 0 Å². The fraction of sp³-hybridized carbons (Fsp3) is 0.375. The first-order chi connectivity index (χ1) is 10.1. The van der Waals surface area contributed by atoms with E-state index in [0.29, 0.717) is 6.04 Å². The van der Waals surface area contributed by atoms with Crippen molar-refractivity contribution in [3.05, 3.63) is 46.2 Å². The van der Waals surface area contributed by atoms with E-state index in [9.17, 15) is 0 Å². The molecule has 0 fully saturated rings. The minimum Gasteiger partial charge on any atom is -0.310 e. The topological polar surface area (TPSA) is 37.8 Å². The Labute approximate surface area is 139 Å². The van der Waals surface area contributed by atoms with Crippen molar-refractivity contribution >= 4 is 27.7 Å². The second-order valence-electron chi connectivity index (χ2n) is 4.94. The van der Waals surface area contributed by atoms with Gasteiger partial charge in [0.2, 0.25) is 0 Å².